The Balaban J connectivity index is 0.00000380. The van der Waals surface area contributed by atoms with Crippen molar-refractivity contribution in [1.82, 2.24) is 4.72 Å². The maximum atomic E-state index is 14.1. The van der Waals surface area contributed by atoms with Crippen molar-refractivity contribution in [1.29, 1.82) is 0 Å². The van der Waals surface area contributed by atoms with Gasteiger partial charge in [-0.1, -0.05) is 37.3 Å². The Labute approximate surface area is 240 Å². The first-order valence-electron chi connectivity index (χ1n) is 12.6. The first-order chi connectivity index (χ1) is 17.1. The Hall–Kier alpha value is -0.860. The smallest absolute Gasteiger partial charge is 0.799 e. The molecule has 5 atom stereocenters. The molecule has 196 valence electrons. The molecule has 37 heavy (non-hydrogen) atoms. The fourth-order valence-corrected chi connectivity index (χ4v) is 8.07. The molecular formula is C27H33F2NNaO4PS. The zero-order valence-electron chi connectivity index (χ0n) is 21.4. The normalized spacial score (nSPS) is 24.8. The molecule has 10 heteroatoms. The molecule has 2 aliphatic rings. The van der Waals surface area contributed by atoms with E-state index in [1.54, 1.807) is 6.92 Å². The second-order valence-electron chi connectivity index (χ2n) is 9.97. The summed E-state index contributed by atoms with van der Waals surface area (Å²) in [5.41, 5.74) is 0.0990. The topological polar surface area (TPSA) is 86.3 Å². The standard InChI is InChI=1S/C27H34F2NO4PS.Na/c1-2-35(31,32)17-6-4-3-5-8-23-20-11-12-21(18-20)27(23)30-36(33,34)22-15-13-19(14-16-22)26-24(28)9-7-10-25(26)29;/h3,5,7,9-10,13-16,20-21,23,27,30H,2,4,6,8,11-12,17-18H2,1H3,(H,31,32);/q;+1/p-1/b5-3-;/t20-,21?,23?,27?;/m1./s1. The molecular weight excluding hydrogens is 526 g/mol. The number of fused-ring (bicyclic) bond motifs is 2. The minimum Gasteiger partial charge on any atom is -0.799 e. The van der Waals surface area contributed by atoms with Crippen LogP contribution in [0.3, 0.4) is 0 Å². The van der Waals surface area contributed by atoms with E-state index >= 15 is 0 Å². The first-order valence-corrected chi connectivity index (χ1v) is 16.1. The summed E-state index contributed by atoms with van der Waals surface area (Å²) in [6.45, 7) is 1.66. The Morgan fingerprint density at radius 3 is 2.35 bits per heavy atom. The number of unbranched alkanes of at least 4 members (excludes halogenated alkanes) is 1. The predicted octanol–water partition coefficient (Wildman–Crippen LogP) is 2.71. The van der Waals surface area contributed by atoms with E-state index in [0.717, 1.165) is 25.7 Å². The van der Waals surface area contributed by atoms with E-state index in [9.17, 15) is 26.7 Å². The van der Waals surface area contributed by atoms with Gasteiger partial charge in [-0.25, -0.2) is 21.9 Å². The molecule has 0 amide bonds. The number of hydrogen-bond donors (Lipinski definition) is 1. The van der Waals surface area contributed by atoms with E-state index in [0.29, 0.717) is 24.7 Å². The van der Waals surface area contributed by atoms with Crippen molar-refractivity contribution in [2.45, 2.75) is 56.4 Å². The van der Waals surface area contributed by atoms with Crippen molar-refractivity contribution in [3.05, 3.63) is 66.3 Å². The minimum absolute atomic E-state index is 0. The summed E-state index contributed by atoms with van der Waals surface area (Å²) in [6.07, 6.45) is 9.62. The first kappa shape index (κ1) is 30.7. The Morgan fingerprint density at radius 2 is 1.70 bits per heavy atom. The molecule has 2 bridgehead atoms. The van der Waals surface area contributed by atoms with Gasteiger partial charge in [-0.15, -0.1) is 0 Å². The van der Waals surface area contributed by atoms with Gasteiger partial charge in [0.05, 0.1) is 10.5 Å². The van der Waals surface area contributed by atoms with E-state index in [2.05, 4.69) is 10.8 Å². The Kier molecular flexibility index (Phi) is 10.8. The molecule has 4 unspecified atom stereocenters. The van der Waals surface area contributed by atoms with Gasteiger partial charge < -0.3 is 9.46 Å². The third-order valence-electron chi connectivity index (χ3n) is 7.72. The van der Waals surface area contributed by atoms with Gasteiger partial charge in [-0.05, 0) is 98.4 Å². The van der Waals surface area contributed by atoms with E-state index in [4.69, 9.17) is 0 Å². The number of nitrogens with one attached hydrogen (secondary N) is 1. The monoisotopic (exact) mass is 559 g/mol. The SMILES string of the molecule is CCP(=O)([O-])CCC/C=C\CC1C(NS(=O)(=O)c2ccc(-c3c(F)cccc3F)cc2)C2CC[C@@H]1C2.[Na+]. The van der Waals surface area contributed by atoms with Gasteiger partial charge in [0, 0.05) is 13.4 Å². The molecule has 0 aliphatic heterocycles. The summed E-state index contributed by atoms with van der Waals surface area (Å²) >= 11 is 0. The number of allylic oxidation sites excluding steroid dienone is 2. The second-order valence-corrected chi connectivity index (χ2v) is 14.4. The average Bonchev–Trinajstić information content (AvgIpc) is 3.44. The average molecular weight is 560 g/mol. The Morgan fingerprint density at radius 1 is 1.05 bits per heavy atom. The number of rotatable bonds is 11. The van der Waals surface area contributed by atoms with Crippen LogP contribution in [-0.2, 0) is 14.6 Å². The van der Waals surface area contributed by atoms with Crippen LogP contribution in [0, 0.1) is 29.4 Å². The molecule has 2 aromatic rings. The summed E-state index contributed by atoms with van der Waals surface area (Å²) in [5.74, 6) is -0.433. The summed E-state index contributed by atoms with van der Waals surface area (Å²) < 4.78 is 69.2. The third-order valence-corrected chi connectivity index (χ3v) is 11.2. The van der Waals surface area contributed by atoms with Gasteiger partial charge in [0.15, 0.2) is 0 Å². The minimum atomic E-state index is -3.80. The maximum Gasteiger partial charge on any atom is 1.00 e. The van der Waals surface area contributed by atoms with Gasteiger partial charge >= 0.3 is 29.6 Å². The summed E-state index contributed by atoms with van der Waals surface area (Å²) in [4.78, 5) is 11.7. The zero-order valence-corrected chi connectivity index (χ0v) is 25.1. The fraction of sp³-hybridized carbons (Fsp3) is 0.481. The number of sulfonamides is 1. The quantitative estimate of drug-likeness (QED) is 0.199. The van der Waals surface area contributed by atoms with Crippen LogP contribution in [0.2, 0.25) is 0 Å². The van der Waals surface area contributed by atoms with Crippen molar-refractivity contribution in [3.8, 4) is 11.1 Å². The van der Waals surface area contributed by atoms with Crippen molar-refractivity contribution in [2.75, 3.05) is 12.3 Å². The molecule has 4 rings (SSSR count). The summed E-state index contributed by atoms with van der Waals surface area (Å²) in [7, 11) is -7.04. The maximum absolute atomic E-state index is 14.1. The number of halogens is 2. The van der Waals surface area contributed by atoms with Gasteiger partial charge in [-0.3, -0.25) is 0 Å². The van der Waals surface area contributed by atoms with Gasteiger partial charge in [0.2, 0.25) is 10.0 Å². The van der Waals surface area contributed by atoms with Crippen LogP contribution in [0.4, 0.5) is 8.78 Å². The van der Waals surface area contributed by atoms with E-state index in [1.807, 2.05) is 6.08 Å². The van der Waals surface area contributed by atoms with E-state index < -0.39 is 29.0 Å². The van der Waals surface area contributed by atoms with Gasteiger partial charge in [-0.2, -0.15) is 0 Å². The fourth-order valence-electron chi connectivity index (χ4n) is 5.73. The molecule has 5 nitrogen and oxygen atoms in total. The Bertz CT molecular complexity index is 1240. The third kappa shape index (κ3) is 7.42. The van der Waals surface area contributed by atoms with Crippen LogP contribution < -0.4 is 39.2 Å². The van der Waals surface area contributed by atoms with Crippen LogP contribution in [0.1, 0.15) is 45.4 Å². The van der Waals surface area contributed by atoms with Crippen LogP contribution in [-0.4, -0.2) is 26.8 Å². The van der Waals surface area contributed by atoms with Crippen molar-refractivity contribution in [3.63, 3.8) is 0 Å². The molecule has 2 aliphatic carbocycles. The summed E-state index contributed by atoms with van der Waals surface area (Å²) in [5, 5.41) is 0. The molecule has 0 spiro atoms. The number of benzene rings is 2. The van der Waals surface area contributed by atoms with Crippen LogP contribution in [0.25, 0.3) is 11.1 Å². The van der Waals surface area contributed by atoms with Crippen LogP contribution in [0.15, 0.2) is 59.5 Å². The predicted molar refractivity (Wildman–Crippen MR) is 136 cm³/mol. The molecule has 2 saturated carbocycles. The molecule has 0 saturated heterocycles. The van der Waals surface area contributed by atoms with Crippen molar-refractivity contribution in [2.24, 2.45) is 17.8 Å². The van der Waals surface area contributed by atoms with Crippen LogP contribution >= 0.6 is 7.37 Å². The number of hydrogen-bond acceptors (Lipinski definition) is 4. The molecule has 0 heterocycles. The molecule has 0 radical (unpaired) electrons. The van der Waals surface area contributed by atoms with E-state index in [1.165, 1.54) is 42.5 Å². The van der Waals surface area contributed by atoms with Crippen LogP contribution in [0.5, 0.6) is 0 Å². The zero-order chi connectivity index (χ0) is 25.9. The summed E-state index contributed by atoms with van der Waals surface area (Å²) in [6, 6.07) is 9.09. The molecule has 2 fully saturated rings. The molecule has 0 aromatic heterocycles. The van der Waals surface area contributed by atoms with Gasteiger partial charge in [0.1, 0.15) is 11.6 Å². The largest absolute Gasteiger partial charge is 1.00 e. The van der Waals surface area contributed by atoms with Gasteiger partial charge in [0.25, 0.3) is 0 Å². The second kappa shape index (κ2) is 13.0. The molecule has 2 aromatic carbocycles. The van der Waals surface area contributed by atoms with Crippen molar-refractivity contribution >= 4 is 17.4 Å². The van der Waals surface area contributed by atoms with E-state index in [-0.39, 0.29) is 69.9 Å². The molecule has 1 N–H and O–H groups in total. The van der Waals surface area contributed by atoms with Crippen molar-refractivity contribution < 1.29 is 56.2 Å².